The Balaban J connectivity index is 0.00000288. The van der Waals surface area contributed by atoms with Crippen LogP contribution in [0.15, 0.2) is 29.4 Å². The molecule has 2 rings (SSSR count). The summed E-state index contributed by atoms with van der Waals surface area (Å²) in [6.45, 7) is 4.91. The van der Waals surface area contributed by atoms with Crippen molar-refractivity contribution in [2.75, 3.05) is 40.0 Å². The SMILES string of the molecule is CN=C(NCCCOCC1CCOCC1)NCc1ccccn1.I. The second-order valence-electron chi connectivity index (χ2n) is 5.66. The van der Waals surface area contributed by atoms with Crippen LogP contribution in [0, 0.1) is 5.92 Å². The molecule has 1 saturated heterocycles. The van der Waals surface area contributed by atoms with Crippen molar-refractivity contribution in [3.8, 4) is 0 Å². The molecule has 0 radical (unpaired) electrons. The molecule has 0 spiro atoms. The molecular formula is C17H29IN4O2. The first kappa shape index (κ1) is 21.1. The maximum Gasteiger partial charge on any atom is 0.191 e. The minimum atomic E-state index is 0. The number of ether oxygens (including phenoxy) is 2. The van der Waals surface area contributed by atoms with Crippen LogP contribution < -0.4 is 10.6 Å². The van der Waals surface area contributed by atoms with Crippen LogP contribution in [0.5, 0.6) is 0 Å². The predicted octanol–water partition coefficient (Wildman–Crippen LogP) is 2.20. The molecule has 2 heterocycles. The van der Waals surface area contributed by atoms with Crippen LogP contribution in [0.25, 0.3) is 0 Å². The zero-order valence-corrected chi connectivity index (χ0v) is 16.7. The fraction of sp³-hybridized carbons (Fsp3) is 0.647. The summed E-state index contributed by atoms with van der Waals surface area (Å²) in [4.78, 5) is 8.48. The molecule has 0 saturated carbocycles. The van der Waals surface area contributed by atoms with E-state index in [0.717, 1.165) is 63.9 Å². The fourth-order valence-electron chi connectivity index (χ4n) is 2.44. The van der Waals surface area contributed by atoms with E-state index in [2.05, 4.69) is 20.6 Å². The normalized spacial score (nSPS) is 15.6. The monoisotopic (exact) mass is 448 g/mol. The van der Waals surface area contributed by atoms with Crippen molar-refractivity contribution in [1.82, 2.24) is 15.6 Å². The highest BCUT2D eigenvalue weighted by Gasteiger charge is 2.13. The van der Waals surface area contributed by atoms with Gasteiger partial charge in [-0.3, -0.25) is 9.98 Å². The van der Waals surface area contributed by atoms with Crippen LogP contribution in [-0.2, 0) is 16.0 Å². The van der Waals surface area contributed by atoms with E-state index in [1.165, 1.54) is 0 Å². The number of rotatable bonds is 8. The molecule has 0 unspecified atom stereocenters. The highest BCUT2D eigenvalue weighted by Crippen LogP contribution is 2.14. The summed E-state index contributed by atoms with van der Waals surface area (Å²) >= 11 is 0. The van der Waals surface area contributed by atoms with Crippen molar-refractivity contribution in [2.45, 2.75) is 25.8 Å². The topological polar surface area (TPSA) is 67.8 Å². The van der Waals surface area contributed by atoms with Crippen molar-refractivity contribution in [3.63, 3.8) is 0 Å². The van der Waals surface area contributed by atoms with E-state index >= 15 is 0 Å². The number of nitrogens with one attached hydrogen (secondary N) is 2. The van der Waals surface area contributed by atoms with E-state index in [1.54, 1.807) is 13.2 Å². The fourth-order valence-corrected chi connectivity index (χ4v) is 2.44. The van der Waals surface area contributed by atoms with Gasteiger partial charge in [-0.15, -0.1) is 24.0 Å². The number of hydrogen-bond donors (Lipinski definition) is 2. The summed E-state index contributed by atoms with van der Waals surface area (Å²) < 4.78 is 11.1. The number of aromatic nitrogens is 1. The highest BCUT2D eigenvalue weighted by atomic mass is 127. The maximum atomic E-state index is 5.75. The van der Waals surface area contributed by atoms with Gasteiger partial charge in [0.05, 0.1) is 12.2 Å². The van der Waals surface area contributed by atoms with Crippen LogP contribution in [0.4, 0.5) is 0 Å². The Bertz CT molecular complexity index is 453. The van der Waals surface area contributed by atoms with E-state index < -0.39 is 0 Å². The largest absolute Gasteiger partial charge is 0.381 e. The van der Waals surface area contributed by atoms with Gasteiger partial charge in [-0.05, 0) is 37.3 Å². The lowest BCUT2D eigenvalue weighted by molar-refractivity contribution is 0.0203. The lowest BCUT2D eigenvalue weighted by Crippen LogP contribution is -2.37. The number of nitrogens with zero attached hydrogens (tertiary/aromatic N) is 2. The van der Waals surface area contributed by atoms with Crippen LogP contribution in [0.1, 0.15) is 25.0 Å². The zero-order valence-electron chi connectivity index (χ0n) is 14.4. The third-order valence-electron chi connectivity index (χ3n) is 3.84. The molecule has 2 N–H and O–H groups in total. The molecule has 0 aromatic carbocycles. The van der Waals surface area contributed by atoms with E-state index in [1.807, 2.05) is 18.2 Å². The van der Waals surface area contributed by atoms with Gasteiger partial charge in [0.1, 0.15) is 0 Å². The predicted molar refractivity (Wildman–Crippen MR) is 107 cm³/mol. The van der Waals surface area contributed by atoms with Crippen molar-refractivity contribution < 1.29 is 9.47 Å². The maximum absolute atomic E-state index is 5.75. The van der Waals surface area contributed by atoms with Crippen LogP contribution in [-0.4, -0.2) is 51.0 Å². The average molecular weight is 448 g/mol. The standard InChI is InChI=1S/C17H28N4O2.HI/c1-18-17(21-13-16-5-2-3-8-19-16)20-9-4-10-23-14-15-6-11-22-12-7-15;/h2-3,5,8,15H,4,6-7,9-14H2,1H3,(H2,18,20,21);1H. The summed E-state index contributed by atoms with van der Waals surface area (Å²) in [5.74, 6) is 1.46. The summed E-state index contributed by atoms with van der Waals surface area (Å²) in [5.41, 5.74) is 0.996. The Morgan fingerprint density at radius 2 is 2.17 bits per heavy atom. The third-order valence-corrected chi connectivity index (χ3v) is 3.84. The summed E-state index contributed by atoms with van der Waals surface area (Å²) in [6.07, 6.45) is 5.02. The summed E-state index contributed by atoms with van der Waals surface area (Å²) in [6, 6.07) is 5.89. The van der Waals surface area contributed by atoms with Gasteiger partial charge in [-0.1, -0.05) is 6.07 Å². The molecule has 0 atom stereocenters. The summed E-state index contributed by atoms with van der Waals surface area (Å²) in [7, 11) is 1.77. The van der Waals surface area contributed by atoms with Gasteiger partial charge in [0.15, 0.2) is 5.96 Å². The molecule has 0 bridgehead atoms. The van der Waals surface area contributed by atoms with Crippen molar-refractivity contribution in [1.29, 1.82) is 0 Å². The Labute approximate surface area is 161 Å². The Hall–Kier alpha value is -0.930. The minimum absolute atomic E-state index is 0. The lowest BCUT2D eigenvalue weighted by Gasteiger charge is -2.21. The lowest BCUT2D eigenvalue weighted by atomic mass is 10.0. The summed E-state index contributed by atoms with van der Waals surface area (Å²) in [5, 5.41) is 6.54. The molecule has 1 aliphatic rings. The van der Waals surface area contributed by atoms with Gasteiger partial charge in [-0.2, -0.15) is 0 Å². The molecule has 136 valence electrons. The van der Waals surface area contributed by atoms with Crippen molar-refractivity contribution >= 4 is 29.9 Å². The van der Waals surface area contributed by atoms with Gasteiger partial charge in [0, 0.05) is 46.2 Å². The number of hydrogen-bond acceptors (Lipinski definition) is 4. The van der Waals surface area contributed by atoms with Gasteiger partial charge in [0.2, 0.25) is 0 Å². The van der Waals surface area contributed by atoms with E-state index in [9.17, 15) is 0 Å². The van der Waals surface area contributed by atoms with Crippen molar-refractivity contribution in [2.24, 2.45) is 10.9 Å². The van der Waals surface area contributed by atoms with Crippen LogP contribution in [0.3, 0.4) is 0 Å². The van der Waals surface area contributed by atoms with Gasteiger partial charge >= 0.3 is 0 Å². The quantitative estimate of drug-likeness (QED) is 0.276. The molecule has 0 amide bonds. The molecular weight excluding hydrogens is 419 g/mol. The highest BCUT2D eigenvalue weighted by molar-refractivity contribution is 14.0. The number of aliphatic imine (C=N–C) groups is 1. The Morgan fingerprint density at radius 3 is 2.88 bits per heavy atom. The molecule has 0 aliphatic carbocycles. The first-order chi connectivity index (χ1) is 11.4. The molecule has 1 fully saturated rings. The first-order valence-electron chi connectivity index (χ1n) is 8.38. The number of pyridine rings is 1. The Morgan fingerprint density at radius 1 is 1.33 bits per heavy atom. The van der Waals surface area contributed by atoms with Crippen LogP contribution >= 0.6 is 24.0 Å². The van der Waals surface area contributed by atoms with Crippen LogP contribution in [0.2, 0.25) is 0 Å². The van der Waals surface area contributed by atoms with E-state index in [4.69, 9.17) is 9.47 Å². The second kappa shape index (κ2) is 13.4. The number of halogens is 1. The Kier molecular flexibility index (Phi) is 11.8. The molecule has 6 nitrogen and oxygen atoms in total. The average Bonchev–Trinajstić information content (AvgIpc) is 2.62. The minimum Gasteiger partial charge on any atom is -0.381 e. The zero-order chi connectivity index (χ0) is 16.2. The molecule has 1 aromatic heterocycles. The second-order valence-corrected chi connectivity index (χ2v) is 5.66. The smallest absolute Gasteiger partial charge is 0.191 e. The van der Waals surface area contributed by atoms with E-state index in [0.29, 0.717) is 12.5 Å². The third kappa shape index (κ3) is 8.79. The first-order valence-corrected chi connectivity index (χ1v) is 8.38. The molecule has 7 heteroatoms. The van der Waals surface area contributed by atoms with E-state index in [-0.39, 0.29) is 24.0 Å². The molecule has 24 heavy (non-hydrogen) atoms. The van der Waals surface area contributed by atoms with Crippen molar-refractivity contribution in [3.05, 3.63) is 30.1 Å². The van der Waals surface area contributed by atoms with Gasteiger partial charge in [-0.25, -0.2) is 0 Å². The molecule has 1 aliphatic heterocycles. The van der Waals surface area contributed by atoms with Gasteiger partial charge < -0.3 is 20.1 Å². The molecule has 1 aromatic rings. The number of guanidine groups is 1. The van der Waals surface area contributed by atoms with Gasteiger partial charge in [0.25, 0.3) is 0 Å².